The van der Waals surface area contributed by atoms with Crippen LogP contribution >= 0.6 is 0 Å². The Morgan fingerprint density at radius 3 is 2.79 bits per heavy atom. The highest BCUT2D eigenvalue weighted by Crippen LogP contribution is 2.19. The molecule has 3 heterocycles. The number of aromatic amines is 1. The lowest BCUT2D eigenvalue weighted by molar-refractivity contribution is 0.0490. The molecule has 0 aromatic carbocycles. The summed E-state index contributed by atoms with van der Waals surface area (Å²) in [6, 6.07) is 1.60. The highest BCUT2D eigenvalue weighted by atomic mass is 16.5. The summed E-state index contributed by atoms with van der Waals surface area (Å²) in [6.07, 6.45) is 4.01. The van der Waals surface area contributed by atoms with Crippen LogP contribution in [0, 0.1) is 0 Å². The summed E-state index contributed by atoms with van der Waals surface area (Å²) in [7, 11) is 2.92. The Hall–Kier alpha value is -3.43. The second kappa shape index (κ2) is 6.63. The van der Waals surface area contributed by atoms with Crippen molar-refractivity contribution in [1.82, 2.24) is 23.7 Å². The number of imidazole rings is 1. The van der Waals surface area contributed by atoms with Crippen molar-refractivity contribution in [2.45, 2.75) is 25.8 Å². The number of aryl methyl sites for hydroxylation is 3. The van der Waals surface area contributed by atoms with Gasteiger partial charge in [0.05, 0.1) is 12.9 Å². The molecule has 1 aliphatic carbocycles. The van der Waals surface area contributed by atoms with E-state index in [9.17, 15) is 19.2 Å². The van der Waals surface area contributed by atoms with Gasteiger partial charge in [-0.1, -0.05) is 0 Å². The molecule has 10 heteroatoms. The van der Waals surface area contributed by atoms with E-state index in [1.807, 2.05) is 0 Å². The van der Waals surface area contributed by atoms with Gasteiger partial charge in [0, 0.05) is 19.8 Å². The van der Waals surface area contributed by atoms with Crippen molar-refractivity contribution in [1.29, 1.82) is 0 Å². The van der Waals surface area contributed by atoms with Crippen molar-refractivity contribution >= 4 is 17.1 Å². The van der Waals surface area contributed by atoms with Crippen molar-refractivity contribution in [3.05, 3.63) is 60.4 Å². The lowest BCUT2D eigenvalue weighted by Crippen LogP contribution is -2.37. The molecule has 3 aromatic rings. The summed E-state index contributed by atoms with van der Waals surface area (Å²) in [5.74, 6) is -0.708. The molecule has 0 radical (unpaired) electrons. The number of esters is 1. The van der Waals surface area contributed by atoms with Crippen LogP contribution < -0.4 is 16.8 Å². The molecule has 0 saturated carbocycles. The number of hydrogen-bond acceptors (Lipinski definition) is 6. The third-order valence-electron chi connectivity index (χ3n) is 5.09. The smallest absolute Gasteiger partial charge is 0.343 e. The topological polar surface area (TPSA) is 121 Å². The molecule has 0 bridgehead atoms. The Morgan fingerprint density at radius 1 is 1.21 bits per heavy atom. The summed E-state index contributed by atoms with van der Waals surface area (Å²) in [5.41, 5.74) is 0.939. The number of fused-ring (bicyclic) bond motifs is 2. The van der Waals surface area contributed by atoms with Crippen LogP contribution in [0.1, 0.15) is 28.0 Å². The van der Waals surface area contributed by atoms with Gasteiger partial charge in [0.1, 0.15) is 12.2 Å². The van der Waals surface area contributed by atoms with E-state index < -0.39 is 22.8 Å². The highest BCUT2D eigenvalue weighted by molar-refractivity contribution is 5.89. The summed E-state index contributed by atoms with van der Waals surface area (Å²) >= 11 is 0. The Labute approximate surface area is 158 Å². The van der Waals surface area contributed by atoms with Crippen molar-refractivity contribution in [2.75, 3.05) is 6.61 Å². The van der Waals surface area contributed by atoms with E-state index in [-0.39, 0.29) is 29.9 Å². The number of carbonyl (C=O) groups excluding carboxylic acids is 1. The molecule has 4 rings (SSSR count). The van der Waals surface area contributed by atoms with Gasteiger partial charge in [-0.15, -0.1) is 0 Å². The van der Waals surface area contributed by atoms with Gasteiger partial charge in [-0.05, 0) is 30.9 Å². The van der Waals surface area contributed by atoms with Crippen LogP contribution in [0.5, 0.6) is 0 Å². The van der Waals surface area contributed by atoms with Gasteiger partial charge in [-0.3, -0.25) is 18.7 Å². The minimum Gasteiger partial charge on any atom is -0.460 e. The molecule has 0 unspecified atom stereocenters. The first-order chi connectivity index (χ1) is 13.4. The third-order valence-corrected chi connectivity index (χ3v) is 5.09. The maximum atomic E-state index is 12.4. The van der Waals surface area contributed by atoms with Crippen LogP contribution in [-0.4, -0.2) is 36.2 Å². The van der Waals surface area contributed by atoms with Gasteiger partial charge in [0.25, 0.3) is 11.1 Å². The average Bonchev–Trinajstić information content (AvgIpc) is 3.30. The Bertz CT molecular complexity index is 1280. The van der Waals surface area contributed by atoms with Gasteiger partial charge < -0.3 is 14.3 Å². The zero-order valence-electron chi connectivity index (χ0n) is 15.5. The summed E-state index contributed by atoms with van der Waals surface area (Å²) in [5, 5.41) is 0. The molecule has 28 heavy (non-hydrogen) atoms. The SMILES string of the molecule is Cn1c(=O)c2c(ncn2CCOC(=O)c2cc3c([nH]c2=O)CCC3)n(C)c1=O. The minimum absolute atomic E-state index is 0.0190. The maximum absolute atomic E-state index is 12.4. The van der Waals surface area contributed by atoms with Crippen LogP contribution in [0.2, 0.25) is 0 Å². The predicted octanol–water partition coefficient (Wildman–Crippen LogP) is -0.532. The van der Waals surface area contributed by atoms with E-state index in [1.165, 1.54) is 29.6 Å². The summed E-state index contributed by atoms with van der Waals surface area (Å²) < 4.78 is 9.03. The van der Waals surface area contributed by atoms with Gasteiger partial charge in [-0.2, -0.15) is 0 Å². The Balaban J connectivity index is 1.54. The zero-order chi connectivity index (χ0) is 20.0. The average molecular weight is 385 g/mol. The van der Waals surface area contributed by atoms with Gasteiger partial charge in [0.15, 0.2) is 11.2 Å². The van der Waals surface area contributed by atoms with E-state index in [1.54, 1.807) is 6.07 Å². The van der Waals surface area contributed by atoms with Gasteiger partial charge >= 0.3 is 11.7 Å². The second-order valence-electron chi connectivity index (χ2n) is 6.82. The van der Waals surface area contributed by atoms with Crippen molar-refractivity contribution in [3.8, 4) is 0 Å². The van der Waals surface area contributed by atoms with Crippen molar-refractivity contribution in [3.63, 3.8) is 0 Å². The summed E-state index contributed by atoms with van der Waals surface area (Å²) in [6.45, 7) is 0.116. The highest BCUT2D eigenvalue weighted by Gasteiger charge is 2.19. The fourth-order valence-corrected chi connectivity index (χ4v) is 3.55. The van der Waals surface area contributed by atoms with E-state index in [2.05, 4.69) is 9.97 Å². The Kier molecular flexibility index (Phi) is 4.25. The molecule has 1 N–H and O–H groups in total. The maximum Gasteiger partial charge on any atom is 0.343 e. The molecular weight excluding hydrogens is 366 g/mol. The van der Waals surface area contributed by atoms with E-state index in [0.717, 1.165) is 35.1 Å². The molecule has 0 saturated heterocycles. The number of nitrogens with one attached hydrogen (secondary N) is 1. The monoisotopic (exact) mass is 385 g/mol. The van der Waals surface area contributed by atoms with Gasteiger partial charge in [-0.25, -0.2) is 14.6 Å². The number of carbonyl (C=O) groups is 1. The van der Waals surface area contributed by atoms with E-state index in [4.69, 9.17) is 4.74 Å². The van der Waals surface area contributed by atoms with E-state index >= 15 is 0 Å². The summed E-state index contributed by atoms with van der Waals surface area (Å²) in [4.78, 5) is 55.6. The Morgan fingerprint density at radius 2 is 2.00 bits per heavy atom. The van der Waals surface area contributed by atoms with Crippen LogP contribution in [0.15, 0.2) is 26.8 Å². The number of hydrogen-bond donors (Lipinski definition) is 1. The largest absolute Gasteiger partial charge is 0.460 e. The first-order valence-corrected chi connectivity index (χ1v) is 8.91. The molecule has 146 valence electrons. The van der Waals surface area contributed by atoms with Crippen molar-refractivity contribution in [2.24, 2.45) is 14.1 Å². The predicted molar refractivity (Wildman–Crippen MR) is 99.6 cm³/mol. The molecule has 10 nitrogen and oxygen atoms in total. The normalized spacial score (nSPS) is 13.1. The molecule has 1 aliphatic rings. The lowest BCUT2D eigenvalue weighted by atomic mass is 10.1. The molecule has 0 aliphatic heterocycles. The van der Waals surface area contributed by atoms with Crippen LogP contribution in [0.4, 0.5) is 0 Å². The quantitative estimate of drug-likeness (QED) is 0.603. The molecule has 0 atom stereocenters. The number of pyridine rings is 1. The number of rotatable bonds is 4. The fourth-order valence-electron chi connectivity index (χ4n) is 3.55. The first-order valence-electron chi connectivity index (χ1n) is 8.91. The number of H-pyrrole nitrogens is 1. The van der Waals surface area contributed by atoms with Crippen molar-refractivity contribution < 1.29 is 9.53 Å². The fraction of sp³-hybridized carbons (Fsp3) is 0.389. The second-order valence-corrected chi connectivity index (χ2v) is 6.82. The lowest BCUT2D eigenvalue weighted by Gasteiger charge is -2.08. The van der Waals surface area contributed by atoms with E-state index in [0.29, 0.717) is 0 Å². The molecule has 3 aromatic heterocycles. The van der Waals surface area contributed by atoms with Crippen LogP contribution in [-0.2, 0) is 38.2 Å². The number of nitrogens with zero attached hydrogens (tertiary/aromatic N) is 4. The molecule has 0 spiro atoms. The number of ether oxygens (including phenoxy) is 1. The third kappa shape index (κ3) is 2.77. The number of aromatic nitrogens is 5. The standard InChI is InChI=1S/C18H19N5O5/c1-21-14-13(16(25)22(2)18(21)27)23(9-19-14)6-7-28-17(26)11-8-10-4-3-5-12(10)20-15(11)24/h8-9H,3-7H2,1-2H3,(H,20,24). The molecular formula is C18H19N5O5. The zero-order valence-corrected chi connectivity index (χ0v) is 15.5. The minimum atomic E-state index is -0.708. The van der Waals surface area contributed by atoms with Gasteiger partial charge in [0.2, 0.25) is 0 Å². The van der Waals surface area contributed by atoms with Crippen LogP contribution in [0.3, 0.4) is 0 Å². The first kappa shape index (κ1) is 18.0. The molecule has 0 fully saturated rings. The molecule has 0 amide bonds. The van der Waals surface area contributed by atoms with Crippen LogP contribution in [0.25, 0.3) is 11.2 Å².